The third-order valence-electron chi connectivity index (χ3n) is 2.11. The van der Waals surface area contributed by atoms with Crippen LogP contribution in [0.3, 0.4) is 0 Å². The monoisotopic (exact) mass is 248 g/mol. The van der Waals surface area contributed by atoms with Gasteiger partial charge in [0.2, 0.25) is 0 Å². The van der Waals surface area contributed by atoms with E-state index < -0.39 is 11.0 Å². The molecule has 0 aliphatic rings. The van der Waals surface area contributed by atoms with Gasteiger partial charge in [-0.05, 0) is 19.1 Å². The molecule has 1 unspecified atom stereocenters. The first-order valence-corrected chi connectivity index (χ1v) is 5.22. The number of hydrogen-bond donors (Lipinski definition) is 2. The molecule has 0 heterocycles. The van der Waals surface area contributed by atoms with E-state index in [2.05, 4.69) is 10.6 Å². The van der Waals surface area contributed by atoms with Gasteiger partial charge in [-0.1, -0.05) is 0 Å². The van der Waals surface area contributed by atoms with Crippen LogP contribution in [0.1, 0.15) is 13.3 Å². The van der Waals surface area contributed by atoms with Crippen LogP contribution in [-0.2, 0) is 0 Å². The fourth-order valence-electron chi connectivity index (χ4n) is 1.25. The molecule has 7 heteroatoms. The second-order valence-corrected chi connectivity index (χ2v) is 3.67. The number of amides is 2. The molecule has 0 spiro atoms. The molecule has 0 fully saturated rings. The maximum Gasteiger partial charge on any atom is 0.319 e. The summed E-state index contributed by atoms with van der Waals surface area (Å²) in [6, 6.07) is 6.70. The number of carbonyl (C=O) groups is 1. The average Bonchev–Trinajstić information content (AvgIpc) is 2.29. The summed E-state index contributed by atoms with van der Waals surface area (Å²) < 4.78 is 0. The van der Waals surface area contributed by atoms with Crippen LogP contribution in [0.2, 0.25) is 0 Å². The highest BCUT2D eigenvalue weighted by molar-refractivity contribution is 5.89. The van der Waals surface area contributed by atoms with Crippen LogP contribution in [0, 0.1) is 21.4 Å². The topological polar surface area (TPSA) is 108 Å². The smallest absolute Gasteiger partial charge is 0.319 e. The summed E-state index contributed by atoms with van der Waals surface area (Å²) >= 11 is 0. The number of urea groups is 1. The molecule has 1 aromatic rings. The number of non-ortho nitro benzene ring substituents is 1. The quantitative estimate of drug-likeness (QED) is 0.627. The van der Waals surface area contributed by atoms with Gasteiger partial charge in [0.15, 0.2) is 0 Å². The van der Waals surface area contributed by atoms with Gasteiger partial charge in [0, 0.05) is 23.9 Å². The van der Waals surface area contributed by atoms with Gasteiger partial charge in [0.05, 0.1) is 17.4 Å². The molecule has 0 aliphatic carbocycles. The van der Waals surface area contributed by atoms with E-state index in [1.165, 1.54) is 24.3 Å². The predicted molar refractivity (Wildman–Crippen MR) is 64.9 cm³/mol. The van der Waals surface area contributed by atoms with E-state index in [9.17, 15) is 14.9 Å². The molecule has 2 amide bonds. The standard InChI is InChI=1S/C11H12N4O3/c1-8(6-7-12)13-11(16)14-9-2-4-10(5-3-9)15(17)18/h2-5,8H,6H2,1H3,(H2,13,14,16). The number of nitro benzene ring substituents is 1. The predicted octanol–water partition coefficient (Wildman–Crippen LogP) is 2.02. The zero-order valence-electron chi connectivity index (χ0n) is 9.71. The Morgan fingerprint density at radius 3 is 2.61 bits per heavy atom. The second-order valence-electron chi connectivity index (χ2n) is 3.67. The van der Waals surface area contributed by atoms with Gasteiger partial charge in [-0.15, -0.1) is 0 Å². The van der Waals surface area contributed by atoms with Crippen molar-refractivity contribution in [1.29, 1.82) is 5.26 Å². The van der Waals surface area contributed by atoms with Gasteiger partial charge >= 0.3 is 6.03 Å². The molecule has 1 aromatic carbocycles. The summed E-state index contributed by atoms with van der Waals surface area (Å²) in [7, 11) is 0. The summed E-state index contributed by atoms with van der Waals surface area (Å²) in [4.78, 5) is 21.4. The van der Waals surface area contributed by atoms with Gasteiger partial charge in [0.25, 0.3) is 5.69 Å². The molecule has 2 N–H and O–H groups in total. The van der Waals surface area contributed by atoms with Gasteiger partial charge in [-0.2, -0.15) is 5.26 Å². The molecule has 0 bridgehead atoms. The van der Waals surface area contributed by atoms with E-state index in [1.54, 1.807) is 6.92 Å². The fourth-order valence-corrected chi connectivity index (χ4v) is 1.25. The van der Waals surface area contributed by atoms with Crippen LogP contribution in [0.25, 0.3) is 0 Å². The van der Waals surface area contributed by atoms with E-state index in [1.807, 2.05) is 6.07 Å². The van der Waals surface area contributed by atoms with Gasteiger partial charge in [0.1, 0.15) is 0 Å². The van der Waals surface area contributed by atoms with E-state index in [0.29, 0.717) is 5.69 Å². The lowest BCUT2D eigenvalue weighted by molar-refractivity contribution is -0.384. The summed E-state index contributed by atoms with van der Waals surface area (Å²) in [5, 5.41) is 23.9. The first-order chi connectivity index (χ1) is 8.52. The molecule has 18 heavy (non-hydrogen) atoms. The SMILES string of the molecule is CC(CC#N)NC(=O)Nc1ccc([N+](=O)[O-])cc1. The molecule has 0 saturated carbocycles. The highest BCUT2D eigenvalue weighted by Gasteiger charge is 2.08. The van der Waals surface area contributed by atoms with Crippen LogP contribution >= 0.6 is 0 Å². The molecule has 7 nitrogen and oxygen atoms in total. The first-order valence-electron chi connectivity index (χ1n) is 5.22. The zero-order valence-corrected chi connectivity index (χ0v) is 9.71. The summed E-state index contributed by atoms with van der Waals surface area (Å²) in [5.74, 6) is 0. The number of nitriles is 1. The molecular formula is C11H12N4O3. The molecular weight excluding hydrogens is 236 g/mol. The van der Waals surface area contributed by atoms with Crippen molar-refractivity contribution in [2.45, 2.75) is 19.4 Å². The lowest BCUT2D eigenvalue weighted by Gasteiger charge is -2.11. The fraction of sp³-hybridized carbons (Fsp3) is 0.273. The van der Waals surface area contributed by atoms with Gasteiger partial charge < -0.3 is 10.6 Å². The third kappa shape index (κ3) is 4.09. The van der Waals surface area contributed by atoms with Crippen LogP contribution in [0.4, 0.5) is 16.2 Å². The minimum atomic E-state index is -0.515. The minimum absolute atomic E-state index is 0.0428. The second kappa shape index (κ2) is 6.20. The number of rotatable bonds is 4. The van der Waals surface area contributed by atoms with Gasteiger partial charge in [-0.3, -0.25) is 10.1 Å². The van der Waals surface area contributed by atoms with Crippen LogP contribution in [0.15, 0.2) is 24.3 Å². The van der Waals surface area contributed by atoms with E-state index >= 15 is 0 Å². The Balaban J connectivity index is 2.55. The van der Waals surface area contributed by atoms with Crippen molar-refractivity contribution in [2.75, 3.05) is 5.32 Å². The Kier molecular flexibility index (Phi) is 4.63. The minimum Gasteiger partial charge on any atom is -0.334 e. The van der Waals surface area contributed by atoms with Gasteiger partial charge in [-0.25, -0.2) is 4.79 Å². The maximum atomic E-state index is 11.5. The number of carbonyl (C=O) groups excluding carboxylic acids is 1. The highest BCUT2D eigenvalue weighted by Crippen LogP contribution is 2.15. The summed E-state index contributed by atoms with van der Waals surface area (Å²) in [6.45, 7) is 1.71. The molecule has 1 atom stereocenters. The van der Waals surface area contributed by atoms with Crippen LogP contribution in [0.5, 0.6) is 0 Å². The van der Waals surface area contributed by atoms with E-state index in [4.69, 9.17) is 5.26 Å². The first kappa shape index (κ1) is 13.4. The Morgan fingerprint density at radius 1 is 1.50 bits per heavy atom. The Hall–Kier alpha value is -2.62. The maximum absolute atomic E-state index is 11.5. The molecule has 1 rings (SSSR count). The van der Waals surface area contributed by atoms with Crippen molar-refractivity contribution in [1.82, 2.24) is 5.32 Å². The van der Waals surface area contributed by atoms with Crippen LogP contribution < -0.4 is 10.6 Å². The molecule has 94 valence electrons. The molecule has 0 aliphatic heterocycles. The molecule has 0 radical (unpaired) electrons. The number of nitrogens with zero attached hydrogens (tertiary/aromatic N) is 2. The Labute approximate surface area is 104 Å². The van der Waals surface area contributed by atoms with Crippen molar-refractivity contribution in [2.24, 2.45) is 0 Å². The zero-order chi connectivity index (χ0) is 13.5. The van der Waals surface area contributed by atoms with Crippen molar-refractivity contribution in [3.05, 3.63) is 34.4 Å². The lowest BCUT2D eigenvalue weighted by atomic mass is 10.2. The van der Waals surface area contributed by atoms with E-state index in [0.717, 1.165) is 0 Å². The van der Waals surface area contributed by atoms with Crippen molar-refractivity contribution in [3.63, 3.8) is 0 Å². The Morgan fingerprint density at radius 2 is 2.11 bits per heavy atom. The summed E-state index contributed by atoms with van der Waals surface area (Å²) in [5.41, 5.74) is 0.404. The largest absolute Gasteiger partial charge is 0.334 e. The Bertz CT molecular complexity index is 478. The van der Waals surface area contributed by atoms with Crippen molar-refractivity contribution < 1.29 is 9.72 Å². The number of nitrogens with one attached hydrogen (secondary N) is 2. The lowest BCUT2D eigenvalue weighted by Crippen LogP contribution is -2.35. The number of benzene rings is 1. The average molecular weight is 248 g/mol. The highest BCUT2D eigenvalue weighted by atomic mass is 16.6. The number of hydrogen-bond acceptors (Lipinski definition) is 4. The van der Waals surface area contributed by atoms with Crippen LogP contribution in [-0.4, -0.2) is 17.0 Å². The molecule has 0 saturated heterocycles. The van der Waals surface area contributed by atoms with Crippen molar-refractivity contribution in [3.8, 4) is 6.07 Å². The van der Waals surface area contributed by atoms with Crippen molar-refractivity contribution >= 4 is 17.4 Å². The normalized spacial score (nSPS) is 11.1. The molecule has 0 aromatic heterocycles. The number of anilines is 1. The number of nitro groups is 1. The van der Waals surface area contributed by atoms with E-state index in [-0.39, 0.29) is 18.2 Å². The summed E-state index contributed by atoms with van der Waals surface area (Å²) in [6.07, 6.45) is 0.216. The third-order valence-corrected chi connectivity index (χ3v) is 2.11.